The van der Waals surface area contributed by atoms with Crippen molar-refractivity contribution in [2.24, 2.45) is 11.8 Å². The SMILES string of the molecule is O=C(C1CCC1)N1CCC[C@H](COc2cccc(F)c2)C1. The molecule has 0 bridgehead atoms. The smallest absolute Gasteiger partial charge is 0.225 e. The van der Waals surface area contributed by atoms with Crippen molar-refractivity contribution in [3.8, 4) is 5.75 Å². The van der Waals surface area contributed by atoms with Gasteiger partial charge in [0.05, 0.1) is 6.61 Å². The largest absolute Gasteiger partial charge is 0.493 e. The zero-order valence-electron chi connectivity index (χ0n) is 12.3. The first-order chi connectivity index (χ1) is 10.2. The predicted octanol–water partition coefficient (Wildman–Crippen LogP) is 3.24. The van der Waals surface area contributed by atoms with Gasteiger partial charge in [0.25, 0.3) is 0 Å². The molecule has 2 fully saturated rings. The minimum Gasteiger partial charge on any atom is -0.493 e. The van der Waals surface area contributed by atoms with Gasteiger partial charge in [-0.1, -0.05) is 12.5 Å². The molecule has 1 saturated heterocycles. The average molecular weight is 291 g/mol. The lowest BCUT2D eigenvalue weighted by Gasteiger charge is -2.37. The van der Waals surface area contributed by atoms with E-state index in [4.69, 9.17) is 4.74 Å². The second-order valence-corrected chi connectivity index (χ2v) is 6.19. The number of carbonyl (C=O) groups excluding carboxylic acids is 1. The van der Waals surface area contributed by atoms with E-state index in [1.54, 1.807) is 12.1 Å². The standard InChI is InChI=1S/C17H22FNO2/c18-15-7-2-8-16(10-15)21-12-13-4-3-9-19(11-13)17(20)14-5-1-6-14/h2,7-8,10,13-14H,1,3-6,9,11-12H2/t13-/m0/s1. The summed E-state index contributed by atoms with van der Waals surface area (Å²) in [4.78, 5) is 14.3. The van der Waals surface area contributed by atoms with E-state index in [9.17, 15) is 9.18 Å². The number of amides is 1. The van der Waals surface area contributed by atoms with Gasteiger partial charge >= 0.3 is 0 Å². The third-order valence-electron chi connectivity index (χ3n) is 4.57. The van der Waals surface area contributed by atoms with E-state index < -0.39 is 0 Å². The van der Waals surface area contributed by atoms with Crippen LogP contribution < -0.4 is 4.74 Å². The van der Waals surface area contributed by atoms with Crippen LogP contribution in [0.15, 0.2) is 24.3 Å². The molecule has 1 aliphatic heterocycles. The number of carbonyl (C=O) groups is 1. The summed E-state index contributed by atoms with van der Waals surface area (Å²) in [6.45, 7) is 2.22. The van der Waals surface area contributed by atoms with E-state index in [1.807, 2.05) is 4.90 Å². The summed E-state index contributed by atoms with van der Waals surface area (Å²) in [6.07, 6.45) is 5.41. The van der Waals surface area contributed by atoms with Gasteiger partial charge in [0, 0.05) is 31.0 Å². The Balaban J connectivity index is 1.50. The molecule has 1 aliphatic carbocycles. The van der Waals surface area contributed by atoms with Crippen LogP contribution in [0.1, 0.15) is 32.1 Å². The quantitative estimate of drug-likeness (QED) is 0.852. The maximum atomic E-state index is 13.1. The Kier molecular flexibility index (Phi) is 4.42. The van der Waals surface area contributed by atoms with Crippen LogP contribution in [-0.2, 0) is 4.79 Å². The molecule has 2 aliphatic rings. The third kappa shape index (κ3) is 3.55. The summed E-state index contributed by atoms with van der Waals surface area (Å²) in [6, 6.07) is 6.23. The van der Waals surface area contributed by atoms with E-state index in [-0.39, 0.29) is 11.7 Å². The Morgan fingerprint density at radius 3 is 2.86 bits per heavy atom. The van der Waals surface area contributed by atoms with E-state index in [2.05, 4.69) is 0 Å². The predicted molar refractivity (Wildman–Crippen MR) is 78.5 cm³/mol. The highest BCUT2D eigenvalue weighted by atomic mass is 19.1. The van der Waals surface area contributed by atoms with Crippen LogP contribution in [0.25, 0.3) is 0 Å². The zero-order chi connectivity index (χ0) is 14.7. The number of halogens is 1. The maximum absolute atomic E-state index is 13.1. The fraction of sp³-hybridized carbons (Fsp3) is 0.588. The molecule has 0 spiro atoms. The van der Waals surface area contributed by atoms with Gasteiger partial charge < -0.3 is 9.64 Å². The minimum atomic E-state index is -0.280. The Morgan fingerprint density at radius 1 is 1.29 bits per heavy atom. The van der Waals surface area contributed by atoms with E-state index in [1.165, 1.54) is 18.6 Å². The van der Waals surface area contributed by atoms with Crippen molar-refractivity contribution in [1.82, 2.24) is 4.90 Å². The van der Waals surface area contributed by atoms with Gasteiger partial charge in [-0.25, -0.2) is 4.39 Å². The van der Waals surface area contributed by atoms with Gasteiger partial charge in [0.2, 0.25) is 5.91 Å². The highest BCUT2D eigenvalue weighted by Gasteiger charge is 2.32. The first-order valence-corrected chi connectivity index (χ1v) is 7.89. The second-order valence-electron chi connectivity index (χ2n) is 6.19. The van der Waals surface area contributed by atoms with Crippen molar-refractivity contribution in [3.05, 3.63) is 30.1 Å². The molecule has 114 valence electrons. The van der Waals surface area contributed by atoms with Crippen molar-refractivity contribution in [1.29, 1.82) is 0 Å². The molecule has 0 radical (unpaired) electrons. The highest BCUT2D eigenvalue weighted by Crippen LogP contribution is 2.30. The maximum Gasteiger partial charge on any atom is 0.225 e. The van der Waals surface area contributed by atoms with Crippen molar-refractivity contribution in [3.63, 3.8) is 0 Å². The zero-order valence-corrected chi connectivity index (χ0v) is 12.3. The van der Waals surface area contributed by atoms with Crippen LogP contribution in [0, 0.1) is 17.7 Å². The number of piperidine rings is 1. The molecule has 3 rings (SSSR count). The number of likely N-dealkylation sites (tertiary alicyclic amines) is 1. The summed E-state index contributed by atoms with van der Waals surface area (Å²) in [7, 11) is 0. The molecule has 1 aromatic rings. The summed E-state index contributed by atoms with van der Waals surface area (Å²) < 4.78 is 18.8. The monoisotopic (exact) mass is 291 g/mol. The first-order valence-electron chi connectivity index (χ1n) is 7.89. The molecule has 1 atom stereocenters. The second kappa shape index (κ2) is 6.46. The van der Waals surface area contributed by atoms with Gasteiger partial charge in [-0.2, -0.15) is 0 Å². The van der Waals surface area contributed by atoms with E-state index in [0.717, 1.165) is 38.8 Å². The molecule has 1 amide bonds. The number of rotatable bonds is 4. The topological polar surface area (TPSA) is 29.5 Å². The molecule has 0 unspecified atom stereocenters. The van der Waals surface area contributed by atoms with Gasteiger partial charge in [-0.05, 0) is 37.8 Å². The molecule has 1 saturated carbocycles. The fourth-order valence-corrected chi connectivity index (χ4v) is 3.09. The highest BCUT2D eigenvalue weighted by molar-refractivity contribution is 5.79. The minimum absolute atomic E-state index is 0.271. The Labute approximate surface area is 125 Å². The molecular weight excluding hydrogens is 269 g/mol. The lowest BCUT2D eigenvalue weighted by molar-refractivity contribution is -0.140. The van der Waals surface area contributed by atoms with Gasteiger partial charge in [-0.3, -0.25) is 4.79 Å². The number of nitrogens with zero attached hydrogens (tertiary/aromatic N) is 1. The number of hydrogen-bond donors (Lipinski definition) is 0. The van der Waals surface area contributed by atoms with Crippen LogP contribution in [0.4, 0.5) is 4.39 Å². The van der Waals surface area contributed by atoms with Gasteiger partial charge in [0.15, 0.2) is 0 Å². The summed E-state index contributed by atoms with van der Waals surface area (Å²) >= 11 is 0. The first kappa shape index (κ1) is 14.4. The van der Waals surface area contributed by atoms with E-state index in [0.29, 0.717) is 24.2 Å². The Hall–Kier alpha value is -1.58. The molecule has 1 aromatic carbocycles. The van der Waals surface area contributed by atoms with Crippen LogP contribution >= 0.6 is 0 Å². The lowest BCUT2D eigenvalue weighted by Crippen LogP contribution is -2.45. The van der Waals surface area contributed by atoms with Crippen molar-refractivity contribution in [2.75, 3.05) is 19.7 Å². The average Bonchev–Trinajstić information content (AvgIpc) is 2.44. The van der Waals surface area contributed by atoms with Crippen LogP contribution in [0.3, 0.4) is 0 Å². The normalized spacial score (nSPS) is 22.7. The molecule has 0 aromatic heterocycles. The van der Waals surface area contributed by atoms with Crippen LogP contribution in [0.2, 0.25) is 0 Å². The third-order valence-corrected chi connectivity index (χ3v) is 4.57. The molecule has 21 heavy (non-hydrogen) atoms. The summed E-state index contributed by atoms with van der Waals surface area (Å²) in [5.74, 6) is 1.24. The molecule has 3 nitrogen and oxygen atoms in total. The summed E-state index contributed by atoms with van der Waals surface area (Å²) in [5, 5.41) is 0. The van der Waals surface area contributed by atoms with Crippen LogP contribution in [0.5, 0.6) is 5.75 Å². The fourth-order valence-electron chi connectivity index (χ4n) is 3.09. The van der Waals surface area contributed by atoms with Gasteiger partial charge in [-0.15, -0.1) is 0 Å². The Bertz CT molecular complexity index is 501. The lowest BCUT2D eigenvalue weighted by atomic mass is 9.83. The molecular formula is C17H22FNO2. The van der Waals surface area contributed by atoms with E-state index >= 15 is 0 Å². The molecule has 4 heteroatoms. The number of ether oxygens (including phenoxy) is 1. The molecule has 0 N–H and O–H groups in total. The summed E-state index contributed by atoms with van der Waals surface area (Å²) in [5.41, 5.74) is 0. The van der Waals surface area contributed by atoms with Crippen molar-refractivity contribution in [2.45, 2.75) is 32.1 Å². The van der Waals surface area contributed by atoms with Crippen molar-refractivity contribution >= 4 is 5.91 Å². The number of hydrogen-bond acceptors (Lipinski definition) is 2. The van der Waals surface area contributed by atoms with Crippen LogP contribution in [-0.4, -0.2) is 30.5 Å². The van der Waals surface area contributed by atoms with Gasteiger partial charge in [0.1, 0.15) is 11.6 Å². The Morgan fingerprint density at radius 2 is 2.14 bits per heavy atom. The molecule has 1 heterocycles. The van der Waals surface area contributed by atoms with Crippen molar-refractivity contribution < 1.29 is 13.9 Å². The number of benzene rings is 1.